The summed E-state index contributed by atoms with van der Waals surface area (Å²) in [7, 11) is 0. The minimum absolute atomic E-state index is 0.386. The number of primary amides is 1. The Kier molecular flexibility index (Phi) is 4.71. The van der Waals surface area contributed by atoms with Crippen LogP contribution in [0.4, 0.5) is 0 Å². The van der Waals surface area contributed by atoms with E-state index >= 15 is 0 Å². The number of rotatable bonds is 6. The van der Waals surface area contributed by atoms with Gasteiger partial charge in [0.2, 0.25) is 0 Å². The Morgan fingerprint density at radius 3 is 2.73 bits per heavy atom. The average Bonchev–Trinajstić information content (AvgIpc) is 2.68. The van der Waals surface area contributed by atoms with Crippen molar-refractivity contribution in [2.75, 3.05) is 0 Å². The number of thiazole rings is 1. The van der Waals surface area contributed by atoms with Crippen LogP contribution in [0, 0.1) is 0 Å². The summed E-state index contributed by atoms with van der Waals surface area (Å²) in [6.07, 6.45) is 3.93. The molecule has 0 atom stereocenters. The van der Waals surface area contributed by atoms with E-state index in [0.717, 1.165) is 24.3 Å². The van der Waals surface area contributed by atoms with Crippen LogP contribution < -0.4 is 11.1 Å². The Hall–Kier alpha value is -0.940. The summed E-state index contributed by atoms with van der Waals surface area (Å²) in [6.45, 7) is 5.07. The molecule has 0 aliphatic rings. The van der Waals surface area contributed by atoms with Gasteiger partial charge >= 0.3 is 0 Å². The van der Waals surface area contributed by atoms with Crippen molar-refractivity contribution in [3.05, 3.63) is 16.1 Å². The number of carbonyl (C=O) groups is 1. The lowest BCUT2D eigenvalue weighted by molar-refractivity contribution is 0.1000. The average molecular weight is 227 g/mol. The normalized spacial score (nSPS) is 10.9. The number of hydrogen-bond donors (Lipinski definition) is 2. The molecule has 1 heterocycles. The molecule has 1 rings (SSSR count). The summed E-state index contributed by atoms with van der Waals surface area (Å²) in [5.74, 6) is -0.450. The van der Waals surface area contributed by atoms with Crippen LogP contribution >= 0.6 is 11.3 Å². The van der Waals surface area contributed by atoms with E-state index < -0.39 is 5.91 Å². The molecule has 1 amide bonds. The molecule has 0 bridgehead atoms. The summed E-state index contributed by atoms with van der Waals surface area (Å²) in [6, 6.07) is 0.532. The zero-order valence-corrected chi connectivity index (χ0v) is 9.93. The van der Waals surface area contributed by atoms with Gasteiger partial charge in [0.15, 0.2) is 5.01 Å². The number of aromatic nitrogens is 1. The van der Waals surface area contributed by atoms with E-state index in [1.165, 1.54) is 11.3 Å². The van der Waals surface area contributed by atoms with E-state index in [2.05, 4.69) is 24.1 Å². The number of amides is 1. The zero-order valence-electron chi connectivity index (χ0n) is 9.12. The lowest BCUT2D eigenvalue weighted by Crippen LogP contribution is -2.26. The van der Waals surface area contributed by atoms with Crippen molar-refractivity contribution >= 4 is 17.2 Å². The Labute approximate surface area is 93.9 Å². The lowest BCUT2D eigenvalue weighted by Gasteiger charge is -2.13. The summed E-state index contributed by atoms with van der Waals surface area (Å²) >= 11 is 1.36. The topological polar surface area (TPSA) is 68.0 Å². The van der Waals surface area contributed by atoms with E-state index in [4.69, 9.17) is 5.73 Å². The van der Waals surface area contributed by atoms with Crippen LogP contribution in [0.5, 0.6) is 0 Å². The highest BCUT2D eigenvalue weighted by Crippen LogP contribution is 2.12. The van der Waals surface area contributed by atoms with Gasteiger partial charge in [0, 0.05) is 23.7 Å². The Morgan fingerprint density at radius 2 is 2.27 bits per heavy atom. The van der Waals surface area contributed by atoms with Gasteiger partial charge in [0.1, 0.15) is 0 Å². The fourth-order valence-electron chi connectivity index (χ4n) is 1.33. The second kappa shape index (κ2) is 5.82. The molecule has 0 saturated heterocycles. The fraction of sp³-hybridized carbons (Fsp3) is 0.600. The first-order chi connectivity index (χ1) is 7.17. The quantitative estimate of drug-likeness (QED) is 0.774. The number of nitrogens with two attached hydrogens (primary N) is 1. The molecule has 0 aliphatic carbocycles. The number of carbonyl (C=O) groups excluding carboxylic acids is 1. The molecule has 84 valence electrons. The molecule has 0 saturated carbocycles. The second-order valence-electron chi connectivity index (χ2n) is 3.39. The first-order valence-electron chi connectivity index (χ1n) is 5.15. The molecule has 0 aromatic carbocycles. The molecule has 0 radical (unpaired) electrons. The second-order valence-corrected chi connectivity index (χ2v) is 4.51. The van der Waals surface area contributed by atoms with Gasteiger partial charge in [-0.1, -0.05) is 13.8 Å². The first-order valence-corrected chi connectivity index (χ1v) is 5.96. The largest absolute Gasteiger partial charge is 0.364 e. The van der Waals surface area contributed by atoms with E-state index in [1.54, 1.807) is 6.20 Å². The van der Waals surface area contributed by atoms with Crippen molar-refractivity contribution in [1.29, 1.82) is 0 Å². The molecule has 0 aliphatic heterocycles. The maximum Gasteiger partial charge on any atom is 0.277 e. The SMILES string of the molecule is CCC(CC)NCc1cnc(C(N)=O)s1. The van der Waals surface area contributed by atoms with E-state index in [0.29, 0.717) is 11.0 Å². The first kappa shape index (κ1) is 12.1. The van der Waals surface area contributed by atoms with Gasteiger partial charge < -0.3 is 11.1 Å². The maximum atomic E-state index is 10.8. The van der Waals surface area contributed by atoms with Crippen molar-refractivity contribution in [3.63, 3.8) is 0 Å². The molecular formula is C10H17N3OS. The van der Waals surface area contributed by atoms with E-state index in [9.17, 15) is 4.79 Å². The number of hydrogen-bond acceptors (Lipinski definition) is 4. The zero-order chi connectivity index (χ0) is 11.3. The predicted octanol–water partition coefficient (Wildman–Crippen LogP) is 1.52. The Balaban J connectivity index is 2.47. The molecular weight excluding hydrogens is 210 g/mol. The molecule has 15 heavy (non-hydrogen) atoms. The smallest absolute Gasteiger partial charge is 0.277 e. The molecule has 1 aromatic heterocycles. The highest BCUT2D eigenvalue weighted by molar-refractivity contribution is 7.13. The van der Waals surface area contributed by atoms with Crippen LogP contribution in [-0.4, -0.2) is 16.9 Å². The Bertz CT molecular complexity index is 320. The van der Waals surface area contributed by atoms with Crippen LogP contribution in [-0.2, 0) is 6.54 Å². The van der Waals surface area contributed by atoms with Crippen molar-refractivity contribution in [2.24, 2.45) is 5.73 Å². The van der Waals surface area contributed by atoms with Gasteiger partial charge in [-0.2, -0.15) is 0 Å². The monoisotopic (exact) mass is 227 g/mol. The highest BCUT2D eigenvalue weighted by Gasteiger charge is 2.08. The van der Waals surface area contributed by atoms with Gasteiger partial charge in [0.25, 0.3) is 5.91 Å². The van der Waals surface area contributed by atoms with E-state index in [-0.39, 0.29) is 0 Å². The van der Waals surface area contributed by atoms with Crippen molar-refractivity contribution in [1.82, 2.24) is 10.3 Å². The summed E-state index contributed by atoms with van der Waals surface area (Å²) in [5.41, 5.74) is 5.12. The Morgan fingerprint density at radius 1 is 1.60 bits per heavy atom. The fourth-order valence-corrected chi connectivity index (χ4v) is 2.04. The predicted molar refractivity (Wildman–Crippen MR) is 61.8 cm³/mol. The van der Waals surface area contributed by atoms with Crippen LogP contribution in [0.3, 0.4) is 0 Å². The summed E-state index contributed by atoms with van der Waals surface area (Å²) < 4.78 is 0. The van der Waals surface area contributed by atoms with Crippen LogP contribution in [0.2, 0.25) is 0 Å². The van der Waals surface area contributed by atoms with E-state index in [1.807, 2.05) is 0 Å². The third-order valence-electron chi connectivity index (χ3n) is 2.31. The molecule has 4 nitrogen and oxygen atoms in total. The van der Waals surface area contributed by atoms with Crippen LogP contribution in [0.1, 0.15) is 41.4 Å². The molecule has 0 spiro atoms. The lowest BCUT2D eigenvalue weighted by atomic mass is 10.2. The van der Waals surface area contributed by atoms with Crippen LogP contribution in [0.25, 0.3) is 0 Å². The van der Waals surface area contributed by atoms with Gasteiger partial charge in [-0.3, -0.25) is 4.79 Å². The standard InChI is InChI=1S/C10H17N3OS/c1-3-7(4-2)12-5-8-6-13-10(15-8)9(11)14/h6-7,12H,3-5H2,1-2H3,(H2,11,14). The molecule has 0 unspecified atom stereocenters. The third kappa shape index (κ3) is 3.60. The van der Waals surface area contributed by atoms with Crippen molar-refractivity contribution in [3.8, 4) is 0 Å². The summed E-state index contributed by atoms with van der Waals surface area (Å²) in [5, 5.41) is 3.79. The molecule has 1 aromatic rings. The number of nitrogens with one attached hydrogen (secondary N) is 1. The van der Waals surface area contributed by atoms with Gasteiger partial charge in [-0.15, -0.1) is 11.3 Å². The minimum atomic E-state index is -0.450. The highest BCUT2D eigenvalue weighted by atomic mass is 32.1. The van der Waals surface area contributed by atoms with Crippen molar-refractivity contribution in [2.45, 2.75) is 39.3 Å². The van der Waals surface area contributed by atoms with Crippen molar-refractivity contribution < 1.29 is 4.79 Å². The minimum Gasteiger partial charge on any atom is -0.364 e. The molecule has 0 fully saturated rings. The third-order valence-corrected chi connectivity index (χ3v) is 3.33. The van der Waals surface area contributed by atoms with Crippen LogP contribution in [0.15, 0.2) is 6.20 Å². The maximum absolute atomic E-state index is 10.8. The number of nitrogens with zero attached hydrogens (tertiary/aromatic N) is 1. The van der Waals surface area contributed by atoms with Gasteiger partial charge in [-0.25, -0.2) is 4.98 Å². The molecule has 5 heteroatoms. The summed E-state index contributed by atoms with van der Waals surface area (Å²) in [4.78, 5) is 15.8. The van der Waals surface area contributed by atoms with Gasteiger partial charge in [0.05, 0.1) is 0 Å². The molecule has 3 N–H and O–H groups in total. The van der Waals surface area contributed by atoms with Gasteiger partial charge in [-0.05, 0) is 12.8 Å².